The number of nitrogens with one attached hydrogen (secondary N) is 1. The van der Waals surface area contributed by atoms with Crippen LogP contribution in [0.15, 0.2) is 18.3 Å². The van der Waals surface area contributed by atoms with Crippen LogP contribution in [-0.2, 0) is 6.54 Å². The smallest absolute Gasteiger partial charge is 0.0562 e. The molecule has 1 aliphatic rings. The Morgan fingerprint density at radius 1 is 1.40 bits per heavy atom. The minimum absolute atomic E-state index is 0.591. The number of rotatable bonds is 9. The van der Waals surface area contributed by atoms with Crippen LogP contribution in [0.2, 0.25) is 0 Å². The van der Waals surface area contributed by atoms with Crippen molar-refractivity contribution in [3.8, 4) is 0 Å². The molecule has 0 saturated heterocycles. The first-order chi connectivity index (χ1) is 9.74. The molecule has 0 radical (unpaired) electrons. The summed E-state index contributed by atoms with van der Waals surface area (Å²) in [5.41, 5.74) is 2.49. The van der Waals surface area contributed by atoms with Gasteiger partial charge in [0, 0.05) is 37.1 Å². The minimum atomic E-state index is 0.591. The number of unbranched alkanes of at least 4 members (excludes halogenated alkanes) is 1. The molecule has 0 aromatic carbocycles. The Labute approximate surface area is 123 Å². The molecule has 1 saturated carbocycles. The fourth-order valence-electron chi connectivity index (χ4n) is 2.43. The Hall–Kier alpha value is -1.09. The van der Waals surface area contributed by atoms with E-state index in [-0.39, 0.29) is 0 Å². The van der Waals surface area contributed by atoms with Gasteiger partial charge in [0.05, 0.1) is 5.69 Å². The summed E-state index contributed by atoms with van der Waals surface area (Å²) in [5, 5.41) is 3.54. The van der Waals surface area contributed by atoms with Gasteiger partial charge in [-0.25, -0.2) is 0 Å². The lowest BCUT2D eigenvalue weighted by atomic mass is 10.1. The standard InChI is InChI=1S/C17H29N3/c1-4-6-11-20(14(3)5-2)17-9-10-18-16(12-17)13-19-15-7-8-15/h9-10,12,14-15,19H,4-8,11,13H2,1-3H3. The molecule has 2 rings (SSSR count). The van der Waals surface area contributed by atoms with Crippen LogP contribution in [-0.4, -0.2) is 23.6 Å². The molecular weight excluding hydrogens is 246 g/mol. The van der Waals surface area contributed by atoms with Gasteiger partial charge in [0.15, 0.2) is 0 Å². The van der Waals surface area contributed by atoms with Crippen molar-refractivity contribution < 1.29 is 0 Å². The summed E-state index contributed by atoms with van der Waals surface area (Å²) in [7, 11) is 0. The second kappa shape index (κ2) is 7.63. The molecule has 1 atom stereocenters. The van der Waals surface area contributed by atoms with Crippen molar-refractivity contribution in [1.82, 2.24) is 10.3 Å². The van der Waals surface area contributed by atoms with E-state index in [1.54, 1.807) is 0 Å². The fraction of sp³-hybridized carbons (Fsp3) is 0.706. The van der Waals surface area contributed by atoms with Gasteiger partial charge in [0.25, 0.3) is 0 Å². The van der Waals surface area contributed by atoms with Gasteiger partial charge in [-0.15, -0.1) is 0 Å². The Morgan fingerprint density at radius 2 is 2.20 bits per heavy atom. The quantitative estimate of drug-likeness (QED) is 0.744. The highest BCUT2D eigenvalue weighted by Crippen LogP contribution is 2.22. The normalized spacial score (nSPS) is 16.1. The van der Waals surface area contributed by atoms with Crippen molar-refractivity contribution >= 4 is 5.69 Å². The molecule has 1 aromatic rings. The van der Waals surface area contributed by atoms with Crippen LogP contribution >= 0.6 is 0 Å². The van der Waals surface area contributed by atoms with E-state index >= 15 is 0 Å². The van der Waals surface area contributed by atoms with E-state index in [2.05, 4.69) is 48.1 Å². The van der Waals surface area contributed by atoms with E-state index in [0.717, 1.165) is 19.1 Å². The van der Waals surface area contributed by atoms with E-state index in [4.69, 9.17) is 0 Å². The highest BCUT2D eigenvalue weighted by molar-refractivity contribution is 5.47. The second-order valence-corrected chi connectivity index (χ2v) is 5.96. The third-order valence-corrected chi connectivity index (χ3v) is 4.16. The number of hydrogen-bond acceptors (Lipinski definition) is 3. The molecule has 3 heteroatoms. The van der Waals surface area contributed by atoms with Gasteiger partial charge >= 0.3 is 0 Å². The van der Waals surface area contributed by atoms with E-state index < -0.39 is 0 Å². The molecule has 1 unspecified atom stereocenters. The van der Waals surface area contributed by atoms with Crippen LogP contribution in [0.1, 0.15) is 58.6 Å². The van der Waals surface area contributed by atoms with Crippen molar-refractivity contribution in [2.24, 2.45) is 0 Å². The van der Waals surface area contributed by atoms with Gasteiger partial charge in [-0.05, 0) is 44.7 Å². The zero-order valence-electron chi connectivity index (χ0n) is 13.2. The molecule has 0 spiro atoms. The average Bonchev–Trinajstić information content (AvgIpc) is 3.30. The lowest BCUT2D eigenvalue weighted by Crippen LogP contribution is -2.33. The molecule has 0 bridgehead atoms. The molecule has 1 heterocycles. The molecular formula is C17H29N3. The Morgan fingerprint density at radius 3 is 2.85 bits per heavy atom. The van der Waals surface area contributed by atoms with Gasteiger partial charge < -0.3 is 10.2 Å². The van der Waals surface area contributed by atoms with Crippen molar-refractivity contribution in [2.75, 3.05) is 11.4 Å². The maximum atomic E-state index is 4.50. The van der Waals surface area contributed by atoms with E-state index in [9.17, 15) is 0 Å². The van der Waals surface area contributed by atoms with Gasteiger partial charge in [0.2, 0.25) is 0 Å². The lowest BCUT2D eigenvalue weighted by Gasteiger charge is -2.31. The second-order valence-electron chi connectivity index (χ2n) is 5.96. The molecule has 1 aromatic heterocycles. The zero-order chi connectivity index (χ0) is 14.4. The molecule has 1 aliphatic carbocycles. The van der Waals surface area contributed by atoms with E-state index in [0.29, 0.717) is 6.04 Å². The first kappa shape index (κ1) is 15.3. The van der Waals surface area contributed by atoms with Crippen LogP contribution in [0.25, 0.3) is 0 Å². The number of nitrogens with zero attached hydrogens (tertiary/aromatic N) is 2. The minimum Gasteiger partial charge on any atom is -0.369 e. The highest BCUT2D eigenvalue weighted by atomic mass is 15.2. The SMILES string of the molecule is CCCCN(c1ccnc(CNC2CC2)c1)C(C)CC. The Balaban J connectivity index is 2.03. The number of hydrogen-bond donors (Lipinski definition) is 1. The first-order valence-corrected chi connectivity index (χ1v) is 8.19. The van der Waals surface area contributed by atoms with Gasteiger partial charge in [0.1, 0.15) is 0 Å². The predicted molar refractivity (Wildman–Crippen MR) is 86.1 cm³/mol. The summed E-state index contributed by atoms with van der Waals surface area (Å²) >= 11 is 0. The molecule has 1 fully saturated rings. The fourth-order valence-corrected chi connectivity index (χ4v) is 2.43. The van der Waals surface area contributed by atoms with Gasteiger partial charge in [-0.1, -0.05) is 20.3 Å². The van der Waals surface area contributed by atoms with Crippen LogP contribution in [0.4, 0.5) is 5.69 Å². The zero-order valence-corrected chi connectivity index (χ0v) is 13.2. The largest absolute Gasteiger partial charge is 0.369 e. The molecule has 1 N–H and O–H groups in total. The van der Waals surface area contributed by atoms with Crippen molar-refractivity contribution in [3.63, 3.8) is 0 Å². The summed E-state index contributed by atoms with van der Waals surface area (Å²) < 4.78 is 0. The van der Waals surface area contributed by atoms with Crippen LogP contribution < -0.4 is 10.2 Å². The van der Waals surface area contributed by atoms with Crippen molar-refractivity contribution in [3.05, 3.63) is 24.0 Å². The third-order valence-electron chi connectivity index (χ3n) is 4.16. The van der Waals surface area contributed by atoms with Gasteiger partial charge in [-0.3, -0.25) is 4.98 Å². The summed E-state index contributed by atoms with van der Waals surface area (Å²) in [6, 6.07) is 5.75. The third kappa shape index (κ3) is 4.48. The molecule has 0 aliphatic heterocycles. The maximum absolute atomic E-state index is 4.50. The number of aromatic nitrogens is 1. The number of anilines is 1. The predicted octanol–water partition coefficient (Wildman–Crippen LogP) is 3.74. The Kier molecular flexibility index (Phi) is 5.84. The van der Waals surface area contributed by atoms with Gasteiger partial charge in [-0.2, -0.15) is 0 Å². The highest BCUT2D eigenvalue weighted by Gasteiger charge is 2.20. The van der Waals surface area contributed by atoms with Crippen LogP contribution in [0.3, 0.4) is 0 Å². The van der Waals surface area contributed by atoms with Crippen molar-refractivity contribution in [2.45, 2.75) is 71.5 Å². The van der Waals surface area contributed by atoms with Crippen LogP contribution in [0.5, 0.6) is 0 Å². The van der Waals surface area contributed by atoms with Crippen LogP contribution in [0, 0.1) is 0 Å². The van der Waals surface area contributed by atoms with E-state index in [1.165, 1.54) is 43.5 Å². The summed E-state index contributed by atoms with van der Waals surface area (Å²) in [6.07, 6.45) is 8.29. The molecule has 20 heavy (non-hydrogen) atoms. The summed E-state index contributed by atoms with van der Waals surface area (Å²) in [4.78, 5) is 7.03. The maximum Gasteiger partial charge on any atom is 0.0562 e. The lowest BCUT2D eigenvalue weighted by molar-refractivity contribution is 0.594. The summed E-state index contributed by atoms with van der Waals surface area (Å²) in [6.45, 7) is 8.89. The summed E-state index contributed by atoms with van der Waals surface area (Å²) in [5.74, 6) is 0. The number of pyridine rings is 1. The molecule has 3 nitrogen and oxygen atoms in total. The Bertz CT molecular complexity index is 401. The molecule has 112 valence electrons. The monoisotopic (exact) mass is 275 g/mol. The topological polar surface area (TPSA) is 28.2 Å². The van der Waals surface area contributed by atoms with E-state index in [1.807, 2.05) is 6.20 Å². The average molecular weight is 275 g/mol. The molecule has 0 amide bonds. The first-order valence-electron chi connectivity index (χ1n) is 8.19. The van der Waals surface area contributed by atoms with Crippen molar-refractivity contribution in [1.29, 1.82) is 0 Å².